The van der Waals surface area contributed by atoms with E-state index < -0.39 is 12.1 Å². The number of hydrogen-bond donors (Lipinski definition) is 3. The molecule has 2 atom stereocenters. The molecule has 0 bridgehead atoms. The van der Waals surface area contributed by atoms with Crippen molar-refractivity contribution in [1.29, 1.82) is 0 Å². The Morgan fingerprint density at radius 3 is 1.34 bits per heavy atom. The highest BCUT2D eigenvalue weighted by Crippen LogP contribution is 2.16. The van der Waals surface area contributed by atoms with Gasteiger partial charge in [-0.3, -0.25) is 9.59 Å². The second-order valence-electron chi connectivity index (χ2n) is 17.5. The van der Waals surface area contributed by atoms with Crippen molar-refractivity contribution in [3.05, 3.63) is 36.5 Å². The molecule has 59 heavy (non-hydrogen) atoms. The van der Waals surface area contributed by atoms with Gasteiger partial charge in [-0.25, -0.2) is 0 Å². The first-order chi connectivity index (χ1) is 29.0. The minimum absolute atomic E-state index is 0.0431. The van der Waals surface area contributed by atoms with Gasteiger partial charge in [0.25, 0.3) is 0 Å². The Kier molecular flexibility index (Phi) is 47.2. The van der Waals surface area contributed by atoms with E-state index in [1.165, 1.54) is 180 Å². The second-order valence-corrected chi connectivity index (χ2v) is 17.5. The number of amides is 1. The highest BCUT2D eigenvalue weighted by molar-refractivity contribution is 5.76. The molecule has 346 valence electrons. The number of nitrogens with one attached hydrogen (secondary N) is 1. The number of rotatable bonds is 47. The third-order valence-electron chi connectivity index (χ3n) is 11.7. The first-order valence-electron chi connectivity index (χ1n) is 25.7. The summed E-state index contributed by atoms with van der Waals surface area (Å²) >= 11 is 0. The third kappa shape index (κ3) is 45.4. The molecule has 0 saturated heterocycles. The number of allylic oxidation sites excluding steroid dienone is 5. The monoisotopic (exact) mass is 830 g/mol. The molecule has 0 spiro atoms. The lowest BCUT2D eigenvalue weighted by atomic mass is 10.0. The predicted molar refractivity (Wildman–Crippen MR) is 255 cm³/mol. The van der Waals surface area contributed by atoms with Gasteiger partial charge in [0.05, 0.1) is 25.4 Å². The summed E-state index contributed by atoms with van der Waals surface area (Å²) in [7, 11) is 0. The van der Waals surface area contributed by atoms with Crippen LogP contribution >= 0.6 is 0 Å². The Balaban J connectivity index is 3.45. The smallest absolute Gasteiger partial charge is 0.305 e. The van der Waals surface area contributed by atoms with Gasteiger partial charge in [0.1, 0.15) is 0 Å². The highest BCUT2D eigenvalue weighted by atomic mass is 16.5. The molecule has 0 aromatic heterocycles. The summed E-state index contributed by atoms with van der Waals surface area (Å²) in [6.45, 7) is 4.79. The number of aliphatic hydroxyl groups is 2. The van der Waals surface area contributed by atoms with Crippen molar-refractivity contribution in [2.24, 2.45) is 0 Å². The van der Waals surface area contributed by atoms with Gasteiger partial charge in [-0.2, -0.15) is 0 Å². The van der Waals surface area contributed by atoms with Crippen LogP contribution in [0.3, 0.4) is 0 Å². The zero-order chi connectivity index (χ0) is 43.0. The van der Waals surface area contributed by atoms with Gasteiger partial charge < -0.3 is 20.3 Å². The number of carbonyl (C=O) groups is 2. The zero-order valence-electron chi connectivity index (χ0n) is 39.2. The number of esters is 1. The van der Waals surface area contributed by atoms with Crippen LogP contribution in [-0.4, -0.2) is 47.4 Å². The Morgan fingerprint density at radius 2 is 0.847 bits per heavy atom. The van der Waals surface area contributed by atoms with Crippen molar-refractivity contribution in [1.82, 2.24) is 5.32 Å². The summed E-state index contributed by atoms with van der Waals surface area (Å²) in [6, 6.07) is -0.543. The average molecular weight is 830 g/mol. The van der Waals surface area contributed by atoms with E-state index in [0.29, 0.717) is 25.9 Å². The van der Waals surface area contributed by atoms with E-state index in [2.05, 4.69) is 55.6 Å². The quantitative estimate of drug-likeness (QED) is 0.0323. The molecule has 0 aliphatic heterocycles. The van der Waals surface area contributed by atoms with E-state index in [1.807, 2.05) is 0 Å². The molecule has 6 heteroatoms. The van der Waals surface area contributed by atoms with E-state index >= 15 is 0 Å². The molecule has 0 heterocycles. The normalized spacial score (nSPS) is 12.9. The Labute approximate surface area is 366 Å². The van der Waals surface area contributed by atoms with Crippen LogP contribution in [0.2, 0.25) is 0 Å². The lowest BCUT2D eigenvalue weighted by Gasteiger charge is -2.22. The molecule has 0 saturated carbocycles. The molecular weight excluding hydrogens is 731 g/mol. The average Bonchev–Trinajstić information content (AvgIpc) is 3.24. The highest BCUT2D eigenvalue weighted by Gasteiger charge is 2.20. The van der Waals surface area contributed by atoms with Gasteiger partial charge in [-0.1, -0.05) is 217 Å². The Bertz CT molecular complexity index is 962. The number of carbonyl (C=O) groups excluding carboxylic acids is 2. The van der Waals surface area contributed by atoms with Crippen molar-refractivity contribution in [3.63, 3.8) is 0 Å². The number of ether oxygens (including phenoxy) is 1. The lowest BCUT2D eigenvalue weighted by molar-refractivity contribution is -0.143. The van der Waals surface area contributed by atoms with Crippen LogP contribution in [0, 0.1) is 0 Å². The number of aliphatic hydroxyl groups excluding tert-OH is 2. The van der Waals surface area contributed by atoms with Crippen molar-refractivity contribution >= 4 is 11.9 Å². The molecule has 0 rings (SSSR count). The fourth-order valence-electron chi connectivity index (χ4n) is 7.71. The maximum absolute atomic E-state index is 12.4. The van der Waals surface area contributed by atoms with Crippen molar-refractivity contribution in [3.8, 4) is 0 Å². The Hall–Kier alpha value is -1.92. The van der Waals surface area contributed by atoms with E-state index in [-0.39, 0.29) is 18.5 Å². The van der Waals surface area contributed by atoms with Gasteiger partial charge in [0.15, 0.2) is 0 Å². The molecule has 0 radical (unpaired) electrons. The maximum atomic E-state index is 12.4. The SMILES string of the molecule is CCCCC/C=C\CCCCCCCC(=O)OCC/C=C\C/C=C\CCCCCCCCCCCCCCCCC(=O)NC(CO)C(O)CCCCCCCCCCC. The first kappa shape index (κ1) is 57.1. The van der Waals surface area contributed by atoms with E-state index in [1.54, 1.807) is 0 Å². The fourth-order valence-corrected chi connectivity index (χ4v) is 7.71. The minimum Gasteiger partial charge on any atom is -0.465 e. The summed E-state index contributed by atoms with van der Waals surface area (Å²) in [5.41, 5.74) is 0. The van der Waals surface area contributed by atoms with Crippen LogP contribution in [0.5, 0.6) is 0 Å². The predicted octanol–water partition coefficient (Wildman–Crippen LogP) is 15.3. The summed E-state index contributed by atoms with van der Waals surface area (Å²) in [4.78, 5) is 24.3. The van der Waals surface area contributed by atoms with Crippen LogP contribution in [0.1, 0.15) is 264 Å². The fraction of sp³-hybridized carbons (Fsp3) is 0.849. The minimum atomic E-state index is -0.665. The topological polar surface area (TPSA) is 95.9 Å². The molecular formula is C53H99NO5. The van der Waals surface area contributed by atoms with Crippen LogP contribution in [-0.2, 0) is 14.3 Å². The van der Waals surface area contributed by atoms with Gasteiger partial charge in [0.2, 0.25) is 5.91 Å². The molecule has 0 aliphatic carbocycles. The van der Waals surface area contributed by atoms with Crippen molar-refractivity contribution in [2.45, 2.75) is 276 Å². The molecule has 0 aliphatic rings. The molecule has 0 fully saturated rings. The second kappa shape index (κ2) is 48.7. The van der Waals surface area contributed by atoms with Crippen molar-refractivity contribution < 1.29 is 24.5 Å². The van der Waals surface area contributed by atoms with Gasteiger partial charge >= 0.3 is 5.97 Å². The zero-order valence-corrected chi connectivity index (χ0v) is 39.2. The molecule has 3 N–H and O–H groups in total. The van der Waals surface area contributed by atoms with Crippen LogP contribution in [0.4, 0.5) is 0 Å². The summed E-state index contributed by atoms with van der Waals surface area (Å²) in [6.07, 6.45) is 58.6. The molecule has 2 unspecified atom stereocenters. The van der Waals surface area contributed by atoms with E-state index in [0.717, 1.165) is 51.4 Å². The summed E-state index contributed by atoms with van der Waals surface area (Å²) < 4.78 is 5.39. The molecule has 1 amide bonds. The van der Waals surface area contributed by atoms with Crippen LogP contribution < -0.4 is 5.32 Å². The molecule has 6 nitrogen and oxygen atoms in total. The van der Waals surface area contributed by atoms with E-state index in [9.17, 15) is 19.8 Å². The summed E-state index contributed by atoms with van der Waals surface area (Å²) in [5.74, 6) is -0.0892. The third-order valence-corrected chi connectivity index (χ3v) is 11.7. The summed E-state index contributed by atoms with van der Waals surface area (Å²) in [5, 5.41) is 23.1. The van der Waals surface area contributed by atoms with E-state index in [4.69, 9.17) is 4.74 Å². The number of hydrogen-bond acceptors (Lipinski definition) is 5. The van der Waals surface area contributed by atoms with Gasteiger partial charge in [-0.05, 0) is 70.6 Å². The molecule has 0 aromatic carbocycles. The largest absolute Gasteiger partial charge is 0.465 e. The maximum Gasteiger partial charge on any atom is 0.305 e. The van der Waals surface area contributed by atoms with Gasteiger partial charge in [-0.15, -0.1) is 0 Å². The van der Waals surface area contributed by atoms with Gasteiger partial charge in [0, 0.05) is 12.8 Å². The van der Waals surface area contributed by atoms with Crippen LogP contribution in [0.25, 0.3) is 0 Å². The molecule has 0 aromatic rings. The number of unbranched alkanes of at least 4 members (excludes halogenated alkanes) is 30. The van der Waals surface area contributed by atoms with Crippen LogP contribution in [0.15, 0.2) is 36.5 Å². The first-order valence-corrected chi connectivity index (χ1v) is 25.7. The van der Waals surface area contributed by atoms with Crippen molar-refractivity contribution in [2.75, 3.05) is 13.2 Å². The Morgan fingerprint density at radius 1 is 0.475 bits per heavy atom. The standard InChI is InChI=1S/C53H99NO5/c1-3-5-7-9-11-13-14-27-31-35-39-43-47-53(58)59-48-44-40-36-32-28-25-23-21-19-17-15-16-18-20-22-24-26-30-34-38-42-46-52(57)54-50(49-55)51(56)45-41-37-33-29-12-10-8-6-4-2/h11,13,25,28,36,40,50-51,55-56H,3-10,12,14-24,26-27,29-35,37-39,41-49H2,1-2H3,(H,54,57)/b13-11-,28-25-,40-36-. The lowest BCUT2D eigenvalue weighted by Crippen LogP contribution is -2.45.